The van der Waals surface area contributed by atoms with Crippen LogP contribution in [0.2, 0.25) is 0 Å². The summed E-state index contributed by atoms with van der Waals surface area (Å²) in [5, 5.41) is 3.07. The number of hydrogen-bond donors (Lipinski definition) is 1. The third kappa shape index (κ3) is 3.38. The Labute approximate surface area is 146 Å². The minimum absolute atomic E-state index is 0.235. The first-order valence-corrected chi connectivity index (χ1v) is 8.50. The highest BCUT2D eigenvalue weighted by Crippen LogP contribution is 2.46. The molecule has 134 valence electrons. The van der Waals surface area contributed by atoms with Gasteiger partial charge in [0, 0.05) is 18.0 Å². The van der Waals surface area contributed by atoms with E-state index < -0.39 is 11.6 Å². The third-order valence-electron chi connectivity index (χ3n) is 4.88. The van der Waals surface area contributed by atoms with Crippen molar-refractivity contribution in [1.82, 2.24) is 5.32 Å². The van der Waals surface area contributed by atoms with Gasteiger partial charge in [0.25, 0.3) is 0 Å². The van der Waals surface area contributed by atoms with Gasteiger partial charge in [0.05, 0.1) is 11.7 Å². The van der Waals surface area contributed by atoms with Crippen LogP contribution < -0.4 is 10.2 Å². The van der Waals surface area contributed by atoms with Gasteiger partial charge in [-0.1, -0.05) is 26.0 Å². The monoisotopic (exact) mass is 348 g/mol. The quantitative estimate of drug-likeness (QED) is 0.853. The first-order chi connectivity index (χ1) is 11.8. The molecule has 0 spiro atoms. The Bertz CT molecular complexity index is 753. The van der Waals surface area contributed by atoms with E-state index >= 15 is 0 Å². The minimum Gasteiger partial charge on any atom is -0.361 e. The first kappa shape index (κ1) is 17.8. The van der Waals surface area contributed by atoms with Crippen LogP contribution in [0, 0.1) is 17.5 Å². The number of nitrogens with one attached hydrogen (secondary N) is 1. The van der Waals surface area contributed by atoms with Crippen molar-refractivity contribution < 1.29 is 13.2 Å². The fourth-order valence-electron chi connectivity index (χ4n) is 3.76. The normalized spacial score (nSPS) is 16.8. The minimum atomic E-state index is -0.614. The fraction of sp³-hybridized carbons (Fsp3) is 0.400. The van der Waals surface area contributed by atoms with Gasteiger partial charge in [-0.3, -0.25) is 0 Å². The van der Waals surface area contributed by atoms with E-state index in [1.54, 1.807) is 6.07 Å². The predicted octanol–water partition coefficient (Wildman–Crippen LogP) is 4.55. The van der Waals surface area contributed by atoms with Gasteiger partial charge in [0.2, 0.25) is 0 Å². The molecule has 0 saturated heterocycles. The van der Waals surface area contributed by atoms with Crippen LogP contribution in [-0.2, 0) is 5.41 Å². The summed E-state index contributed by atoms with van der Waals surface area (Å²) >= 11 is 0. The topological polar surface area (TPSA) is 15.3 Å². The Hall–Kier alpha value is -2.01. The molecule has 25 heavy (non-hydrogen) atoms. The molecule has 2 aromatic carbocycles. The highest BCUT2D eigenvalue weighted by molar-refractivity contribution is 5.64. The second-order valence-electron chi connectivity index (χ2n) is 7.26. The van der Waals surface area contributed by atoms with E-state index in [-0.39, 0.29) is 17.3 Å². The van der Waals surface area contributed by atoms with Crippen molar-refractivity contribution in [3.05, 3.63) is 65.0 Å². The first-order valence-electron chi connectivity index (χ1n) is 8.50. The molecule has 1 aliphatic rings. The SMILES string of the molecule is CNCC[C@H](c1cc(F)cc(F)c1)N1CC(C)(C)c2cccc(F)c21. The molecular weight excluding hydrogens is 325 g/mol. The van der Waals surface area contributed by atoms with Crippen LogP contribution in [0.4, 0.5) is 18.9 Å². The maximum atomic E-state index is 14.6. The van der Waals surface area contributed by atoms with Crippen molar-refractivity contribution in [1.29, 1.82) is 0 Å². The lowest BCUT2D eigenvalue weighted by Gasteiger charge is -2.32. The van der Waals surface area contributed by atoms with Crippen LogP contribution >= 0.6 is 0 Å². The summed E-state index contributed by atoms with van der Waals surface area (Å²) in [6.07, 6.45) is 0.614. The van der Waals surface area contributed by atoms with Crippen LogP contribution in [0.5, 0.6) is 0 Å². The summed E-state index contributed by atoms with van der Waals surface area (Å²) in [6.45, 7) is 5.37. The number of fused-ring (bicyclic) bond motifs is 1. The van der Waals surface area contributed by atoms with Gasteiger partial charge in [-0.05, 0) is 49.3 Å². The molecule has 0 unspecified atom stereocenters. The van der Waals surface area contributed by atoms with E-state index in [4.69, 9.17) is 0 Å². The number of rotatable bonds is 5. The lowest BCUT2D eigenvalue weighted by Crippen LogP contribution is -2.34. The molecular formula is C20H23F3N2. The summed E-state index contributed by atoms with van der Waals surface area (Å²) in [5.74, 6) is -1.53. The predicted molar refractivity (Wildman–Crippen MR) is 94.4 cm³/mol. The number of halogens is 3. The fourth-order valence-corrected chi connectivity index (χ4v) is 3.76. The number of benzene rings is 2. The molecule has 2 aromatic rings. The van der Waals surface area contributed by atoms with Crippen LogP contribution in [0.15, 0.2) is 36.4 Å². The van der Waals surface area contributed by atoms with Crippen LogP contribution in [-0.4, -0.2) is 20.1 Å². The average Bonchev–Trinajstić information content (AvgIpc) is 2.80. The Kier molecular flexibility index (Phi) is 4.78. The Balaban J connectivity index is 2.09. The van der Waals surface area contributed by atoms with Crippen LogP contribution in [0.3, 0.4) is 0 Å². The molecule has 1 atom stereocenters. The third-order valence-corrected chi connectivity index (χ3v) is 4.88. The maximum Gasteiger partial charge on any atom is 0.146 e. The Morgan fingerprint density at radius 2 is 1.80 bits per heavy atom. The van der Waals surface area contributed by atoms with Gasteiger partial charge in [-0.2, -0.15) is 0 Å². The highest BCUT2D eigenvalue weighted by Gasteiger charge is 2.40. The largest absolute Gasteiger partial charge is 0.361 e. The molecule has 1 heterocycles. The molecule has 0 saturated carbocycles. The van der Waals surface area contributed by atoms with Crippen LogP contribution in [0.1, 0.15) is 37.4 Å². The summed E-state index contributed by atoms with van der Waals surface area (Å²) in [7, 11) is 1.83. The van der Waals surface area contributed by atoms with Crippen molar-refractivity contribution in [3.8, 4) is 0 Å². The molecule has 0 fully saturated rings. The molecule has 0 aliphatic carbocycles. The van der Waals surface area contributed by atoms with Gasteiger partial charge in [0.15, 0.2) is 0 Å². The van der Waals surface area contributed by atoms with E-state index in [9.17, 15) is 13.2 Å². The Morgan fingerprint density at radius 1 is 1.12 bits per heavy atom. The Morgan fingerprint density at radius 3 is 2.44 bits per heavy atom. The zero-order valence-electron chi connectivity index (χ0n) is 14.7. The molecule has 3 rings (SSSR count). The second kappa shape index (κ2) is 6.71. The smallest absolute Gasteiger partial charge is 0.146 e. The van der Waals surface area contributed by atoms with E-state index in [0.717, 1.165) is 11.6 Å². The standard InChI is InChI=1S/C20H23F3N2/c1-20(2)12-25(19-16(20)5-4-6-17(19)23)18(7-8-24-3)13-9-14(21)11-15(22)10-13/h4-6,9-11,18,24H,7-8,12H2,1-3H3/t18-/m1/s1. The number of para-hydroxylation sites is 1. The van der Waals surface area contributed by atoms with E-state index in [1.165, 1.54) is 18.2 Å². The lowest BCUT2D eigenvalue weighted by atomic mass is 9.87. The molecule has 2 nitrogen and oxygen atoms in total. The molecule has 0 radical (unpaired) electrons. The van der Waals surface area contributed by atoms with Crippen molar-refractivity contribution >= 4 is 5.69 Å². The molecule has 5 heteroatoms. The summed E-state index contributed by atoms with van der Waals surface area (Å²) in [6, 6.07) is 8.32. The van der Waals surface area contributed by atoms with Crippen molar-refractivity contribution in [3.63, 3.8) is 0 Å². The van der Waals surface area contributed by atoms with Gasteiger partial charge in [-0.25, -0.2) is 13.2 Å². The molecule has 0 amide bonds. The van der Waals surface area contributed by atoms with E-state index in [2.05, 4.69) is 19.2 Å². The molecule has 1 aliphatic heterocycles. The van der Waals surface area contributed by atoms with Gasteiger partial charge in [-0.15, -0.1) is 0 Å². The maximum absolute atomic E-state index is 14.6. The van der Waals surface area contributed by atoms with Gasteiger partial charge < -0.3 is 10.2 Å². The molecule has 0 bridgehead atoms. The summed E-state index contributed by atoms with van der Waals surface area (Å²) in [5.41, 5.74) is 1.76. The van der Waals surface area contributed by atoms with E-state index in [1.807, 2.05) is 18.0 Å². The van der Waals surface area contributed by atoms with Crippen molar-refractivity contribution in [2.75, 3.05) is 25.0 Å². The zero-order chi connectivity index (χ0) is 18.2. The number of hydrogen-bond acceptors (Lipinski definition) is 2. The van der Waals surface area contributed by atoms with Crippen LogP contribution in [0.25, 0.3) is 0 Å². The lowest BCUT2D eigenvalue weighted by molar-refractivity contribution is 0.489. The number of nitrogens with zero attached hydrogens (tertiary/aromatic N) is 1. The van der Waals surface area contributed by atoms with Gasteiger partial charge >= 0.3 is 0 Å². The number of anilines is 1. The van der Waals surface area contributed by atoms with Crippen molar-refractivity contribution in [2.45, 2.75) is 31.7 Å². The second-order valence-corrected chi connectivity index (χ2v) is 7.26. The van der Waals surface area contributed by atoms with E-state index in [0.29, 0.717) is 30.8 Å². The molecule has 1 N–H and O–H groups in total. The average molecular weight is 348 g/mol. The summed E-state index contributed by atoms with van der Waals surface area (Å²) in [4.78, 5) is 1.95. The molecule has 0 aromatic heterocycles. The van der Waals surface area contributed by atoms with Gasteiger partial charge in [0.1, 0.15) is 17.5 Å². The highest BCUT2D eigenvalue weighted by atomic mass is 19.1. The summed E-state index contributed by atoms with van der Waals surface area (Å²) < 4.78 is 42.2. The zero-order valence-corrected chi connectivity index (χ0v) is 14.7. The van der Waals surface area contributed by atoms with Crippen molar-refractivity contribution in [2.24, 2.45) is 0 Å².